The van der Waals surface area contributed by atoms with Crippen LogP contribution in [-0.2, 0) is 16.0 Å². The maximum Gasteiger partial charge on any atom is 0.307 e. The number of benzene rings is 2. The minimum absolute atomic E-state index is 0. The lowest BCUT2D eigenvalue weighted by atomic mass is 9.87. The largest absolute Gasteiger partial charge is 0.466 e. The summed E-state index contributed by atoms with van der Waals surface area (Å²) in [6.45, 7) is 11.7. The number of halogens is 2. The van der Waals surface area contributed by atoms with Crippen LogP contribution in [0.3, 0.4) is 0 Å². The van der Waals surface area contributed by atoms with Gasteiger partial charge in [0, 0.05) is 11.6 Å². The van der Waals surface area contributed by atoms with E-state index in [0.717, 1.165) is 42.4 Å². The molecule has 1 atom stereocenters. The molecule has 0 bridgehead atoms. The van der Waals surface area contributed by atoms with E-state index >= 15 is 0 Å². The van der Waals surface area contributed by atoms with Crippen molar-refractivity contribution in [2.24, 2.45) is 5.73 Å². The van der Waals surface area contributed by atoms with Crippen molar-refractivity contribution in [3.63, 3.8) is 0 Å². The molecule has 2 aromatic carbocycles. The maximum absolute atomic E-state index is 14.9. The van der Waals surface area contributed by atoms with Gasteiger partial charge in [-0.2, -0.15) is 0 Å². The highest BCUT2D eigenvalue weighted by Crippen LogP contribution is 2.34. The normalized spacial score (nSPS) is 11.5. The Hall–Kier alpha value is -2.17. The Bertz CT molecular complexity index is 911. The van der Waals surface area contributed by atoms with E-state index in [1.165, 1.54) is 11.1 Å². The molecule has 31 heavy (non-hydrogen) atoms. The van der Waals surface area contributed by atoms with Crippen LogP contribution in [0, 0.1) is 26.6 Å². The zero-order valence-corrected chi connectivity index (χ0v) is 19.9. The Morgan fingerprint density at radius 2 is 1.87 bits per heavy atom. The number of hydrogen-bond acceptors (Lipinski definition) is 3. The molecule has 0 aliphatic rings. The molecule has 2 aromatic rings. The highest BCUT2D eigenvalue weighted by Gasteiger charge is 2.20. The van der Waals surface area contributed by atoms with Gasteiger partial charge in [-0.05, 0) is 93.3 Å². The van der Waals surface area contributed by atoms with Gasteiger partial charge < -0.3 is 10.5 Å². The van der Waals surface area contributed by atoms with Gasteiger partial charge in [-0.25, -0.2) is 4.39 Å². The molecule has 0 aliphatic heterocycles. The average molecular weight is 448 g/mol. The Kier molecular flexibility index (Phi) is 10.9. The van der Waals surface area contributed by atoms with Crippen molar-refractivity contribution < 1.29 is 13.9 Å². The molecule has 0 radical (unpaired) electrons. The van der Waals surface area contributed by atoms with Gasteiger partial charge in [0.1, 0.15) is 5.82 Å². The molecule has 0 unspecified atom stereocenters. The summed E-state index contributed by atoms with van der Waals surface area (Å²) < 4.78 is 19.9. The minimum atomic E-state index is -0.746. The second-order valence-electron chi connectivity index (χ2n) is 7.96. The molecule has 3 nitrogen and oxygen atoms in total. The van der Waals surface area contributed by atoms with Gasteiger partial charge in [0.15, 0.2) is 0 Å². The van der Waals surface area contributed by atoms with E-state index in [-0.39, 0.29) is 31.3 Å². The van der Waals surface area contributed by atoms with Crippen molar-refractivity contribution >= 4 is 18.4 Å². The summed E-state index contributed by atoms with van der Waals surface area (Å²) in [5.74, 6) is -0.769. The van der Waals surface area contributed by atoms with E-state index in [9.17, 15) is 9.18 Å². The number of nitrogens with two attached hydrogens (primary N) is 1. The fourth-order valence-corrected chi connectivity index (χ4v) is 3.99. The highest BCUT2D eigenvalue weighted by atomic mass is 35.5. The number of unbranched alkanes of at least 4 members (excludes halogenated alkanes) is 2. The molecule has 170 valence electrons. The molecule has 0 fully saturated rings. The second-order valence-corrected chi connectivity index (χ2v) is 7.96. The third kappa shape index (κ3) is 7.19. The molecule has 0 aliphatic carbocycles. The van der Waals surface area contributed by atoms with Crippen LogP contribution >= 0.6 is 12.4 Å². The first-order valence-corrected chi connectivity index (χ1v) is 10.7. The van der Waals surface area contributed by atoms with Crippen LogP contribution in [0.5, 0.6) is 0 Å². The van der Waals surface area contributed by atoms with Crippen LogP contribution in [0.4, 0.5) is 4.39 Å². The standard InChI is InChI=1S/C26H34FNO2.ClH/c1-6-8-9-10-11-20-13-17(3)12-18(4)25(20)21-14-19(5)26(27)22(15-21)23(28)16-24(29)30-7-2;/h6,12-15,23H,1,7-11,16,28H2,2-5H3;1H/t23-;/m0./s1. The van der Waals surface area contributed by atoms with Crippen LogP contribution < -0.4 is 5.73 Å². The lowest BCUT2D eigenvalue weighted by Gasteiger charge is -2.19. The number of allylic oxidation sites excluding steroid dienone is 1. The Balaban J connectivity index is 0.00000480. The fraction of sp³-hybridized carbons (Fsp3) is 0.423. The lowest BCUT2D eigenvalue weighted by Crippen LogP contribution is -2.19. The van der Waals surface area contributed by atoms with E-state index in [2.05, 4.69) is 32.6 Å². The number of ether oxygens (including phenoxy) is 1. The summed E-state index contributed by atoms with van der Waals surface area (Å²) in [6, 6.07) is 7.30. The number of carbonyl (C=O) groups is 1. The van der Waals surface area contributed by atoms with Crippen molar-refractivity contribution in [3.8, 4) is 11.1 Å². The highest BCUT2D eigenvalue weighted by molar-refractivity contribution is 5.85. The third-order valence-corrected chi connectivity index (χ3v) is 5.33. The molecule has 5 heteroatoms. The quantitative estimate of drug-likeness (QED) is 0.250. The summed E-state index contributed by atoms with van der Waals surface area (Å²) in [4.78, 5) is 11.9. The van der Waals surface area contributed by atoms with Crippen molar-refractivity contribution in [2.45, 2.75) is 65.8 Å². The molecular formula is C26H35ClFNO2. The molecule has 0 spiro atoms. The van der Waals surface area contributed by atoms with Gasteiger partial charge >= 0.3 is 5.97 Å². The summed E-state index contributed by atoms with van der Waals surface area (Å²) in [5, 5.41) is 0. The molecule has 2 N–H and O–H groups in total. The number of hydrogen-bond donors (Lipinski definition) is 1. The Morgan fingerprint density at radius 3 is 2.52 bits per heavy atom. The molecule has 0 amide bonds. The number of aryl methyl sites for hydroxylation is 4. The average Bonchev–Trinajstić information content (AvgIpc) is 2.67. The Morgan fingerprint density at radius 1 is 1.16 bits per heavy atom. The van der Waals surface area contributed by atoms with Crippen molar-refractivity contribution in [1.82, 2.24) is 0 Å². The van der Waals surface area contributed by atoms with Gasteiger partial charge in [0.2, 0.25) is 0 Å². The maximum atomic E-state index is 14.9. The van der Waals surface area contributed by atoms with Crippen molar-refractivity contribution in [1.29, 1.82) is 0 Å². The SMILES string of the molecule is C=CCCCCc1cc(C)cc(C)c1-c1cc(C)c(F)c([C@@H](N)CC(=O)OCC)c1.Cl. The van der Waals surface area contributed by atoms with E-state index in [1.807, 2.05) is 12.1 Å². The predicted octanol–water partition coefficient (Wildman–Crippen LogP) is 6.69. The first-order chi connectivity index (χ1) is 14.3. The van der Waals surface area contributed by atoms with Gasteiger partial charge in [-0.15, -0.1) is 19.0 Å². The third-order valence-electron chi connectivity index (χ3n) is 5.33. The van der Waals surface area contributed by atoms with Gasteiger partial charge in [0.05, 0.1) is 13.0 Å². The summed E-state index contributed by atoms with van der Waals surface area (Å²) in [5.41, 5.74) is 12.8. The van der Waals surface area contributed by atoms with Gasteiger partial charge in [-0.3, -0.25) is 4.79 Å². The predicted molar refractivity (Wildman–Crippen MR) is 129 cm³/mol. The van der Waals surface area contributed by atoms with Crippen LogP contribution in [0.15, 0.2) is 36.9 Å². The topological polar surface area (TPSA) is 52.3 Å². The van der Waals surface area contributed by atoms with Crippen LogP contribution in [0.1, 0.15) is 66.5 Å². The van der Waals surface area contributed by atoms with E-state index in [1.54, 1.807) is 19.9 Å². The van der Waals surface area contributed by atoms with E-state index in [4.69, 9.17) is 10.5 Å². The fourth-order valence-electron chi connectivity index (χ4n) is 3.99. The molecular weight excluding hydrogens is 413 g/mol. The molecule has 0 heterocycles. The lowest BCUT2D eigenvalue weighted by molar-refractivity contribution is -0.143. The van der Waals surface area contributed by atoms with Crippen LogP contribution in [0.2, 0.25) is 0 Å². The smallest absolute Gasteiger partial charge is 0.307 e. The number of carbonyl (C=O) groups excluding carboxylic acids is 1. The first kappa shape index (κ1) is 26.9. The van der Waals surface area contributed by atoms with Crippen LogP contribution in [0.25, 0.3) is 11.1 Å². The van der Waals surface area contributed by atoms with Gasteiger partial charge in [-0.1, -0.05) is 23.8 Å². The molecule has 0 saturated heterocycles. The number of rotatable bonds is 10. The zero-order valence-electron chi connectivity index (χ0n) is 19.1. The second kappa shape index (κ2) is 12.6. The molecule has 0 saturated carbocycles. The van der Waals surface area contributed by atoms with E-state index in [0.29, 0.717) is 11.1 Å². The van der Waals surface area contributed by atoms with Crippen LogP contribution in [-0.4, -0.2) is 12.6 Å². The van der Waals surface area contributed by atoms with Gasteiger partial charge in [0.25, 0.3) is 0 Å². The summed E-state index contributed by atoms with van der Waals surface area (Å²) >= 11 is 0. The van der Waals surface area contributed by atoms with E-state index < -0.39 is 12.0 Å². The number of esters is 1. The Labute approximate surface area is 192 Å². The molecule has 2 rings (SSSR count). The molecule has 0 aromatic heterocycles. The summed E-state index contributed by atoms with van der Waals surface area (Å²) in [7, 11) is 0. The van der Waals surface area contributed by atoms with Crippen molar-refractivity contribution in [2.75, 3.05) is 6.61 Å². The summed E-state index contributed by atoms with van der Waals surface area (Å²) in [6.07, 6.45) is 6.01. The minimum Gasteiger partial charge on any atom is -0.466 e. The monoisotopic (exact) mass is 447 g/mol. The van der Waals surface area contributed by atoms with Crippen molar-refractivity contribution in [3.05, 3.63) is 70.6 Å². The first-order valence-electron chi connectivity index (χ1n) is 10.7. The zero-order chi connectivity index (χ0) is 22.3.